The van der Waals surface area contributed by atoms with Crippen LogP contribution in [0.1, 0.15) is 12.5 Å². The molecule has 4 nitrogen and oxygen atoms in total. The summed E-state index contributed by atoms with van der Waals surface area (Å²) in [4.78, 5) is 0. The number of nitrogens with two attached hydrogens (primary N) is 1. The molecule has 1 heterocycles. The molecule has 0 saturated carbocycles. The van der Waals surface area contributed by atoms with Crippen LogP contribution >= 0.6 is 15.9 Å². The van der Waals surface area contributed by atoms with Crippen molar-refractivity contribution in [3.63, 3.8) is 0 Å². The topological polar surface area (TPSA) is 53.1 Å². The Morgan fingerprint density at radius 2 is 2.11 bits per heavy atom. The third kappa shape index (κ3) is 4.69. The van der Waals surface area contributed by atoms with Gasteiger partial charge in [-0.15, -0.1) is 0 Å². The monoisotopic (exact) mass is 323 g/mol. The van der Waals surface area contributed by atoms with Gasteiger partial charge in [-0.05, 0) is 43.2 Å². The van der Waals surface area contributed by atoms with Gasteiger partial charge in [-0.2, -0.15) is 5.10 Å². The number of benzene rings is 1. The van der Waals surface area contributed by atoms with Crippen molar-refractivity contribution in [1.82, 2.24) is 9.78 Å². The molecule has 0 radical (unpaired) electrons. The molecule has 1 unspecified atom stereocenters. The van der Waals surface area contributed by atoms with Crippen LogP contribution < -0.4 is 10.5 Å². The lowest BCUT2D eigenvalue weighted by Crippen LogP contribution is -2.17. The van der Waals surface area contributed by atoms with Gasteiger partial charge in [-0.3, -0.25) is 4.68 Å². The molecule has 102 valence electrons. The summed E-state index contributed by atoms with van der Waals surface area (Å²) in [6, 6.07) is 7.97. The van der Waals surface area contributed by atoms with Crippen LogP contribution in [0.3, 0.4) is 0 Å². The average molecular weight is 324 g/mol. The zero-order valence-electron chi connectivity index (χ0n) is 10.9. The molecule has 2 aromatic rings. The lowest BCUT2D eigenvalue weighted by Gasteiger charge is -2.06. The summed E-state index contributed by atoms with van der Waals surface area (Å²) in [5.41, 5.74) is 6.92. The second-order valence-electron chi connectivity index (χ2n) is 4.60. The Morgan fingerprint density at radius 1 is 1.37 bits per heavy atom. The summed E-state index contributed by atoms with van der Waals surface area (Å²) in [6.07, 6.45) is 4.74. The molecule has 1 atom stereocenters. The van der Waals surface area contributed by atoms with Crippen LogP contribution in [0, 0.1) is 0 Å². The highest BCUT2D eigenvalue weighted by molar-refractivity contribution is 9.10. The van der Waals surface area contributed by atoms with Crippen LogP contribution in [0.2, 0.25) is 0 Å². The summed E-state index contributed by atoms with van der Waals surface area (Å²) in [5, 5.41) is 4.29. The van der Waals surface area contributed by atoms with Crippen LogP contribution in [-0.4, -0.2) is 22.4 Å². The van der Waals surface area contributed by atoms with Gasteiger partial charge in [0.2, 0.25) is 0 Å². The summed E-state index contributed by atoms with van der Waals surface area (Å²) in [7, 11) is 0. The van der Waals surface area contributed by atoms with E-state index in [-0.39, 0.29) is 6.04 Å². The molecule has 2 rings (SSSR count). The first-order chi connectivity index (χ1) is 9.13. The molecule has 5 heteroatoms. The van der Waals surface area contributed by atoms with E-state index in [2.05, 4.69) is 21.0 Å². The lowest BCUT2D eigenvalue weighted by atomic mass is 10.1. The number of ether oxygens (including phenoxy) is 1. The van der Waals surface area contributed by atoms with Crippen LogP contribution in [0.4, 0.5) is 0 Å². The fraction of sp³-hybridized carbons (Fsp3) is 0.357. The molecule has 1 aromatic carbocycles. The zero-order valence-corrected chi connectivity index (χ0v) is 12.5. The Labute approximate surface area is 121 Å². The van der Waals surface area contributed by atoms with Gasteiger partial charge in [0.25, 0.3) is 0 Å². The number of halogens is 1. The highest BCUT2D eigenvalue weighted by atomic mass is 79.9. The van der Waals surface area contributed by atoms with E-state index in [0.29, 0.717) is 6.61 Å². The first kappa shape index (κ1) is 14.1. The lowest BCUT2D eigenvalue weighted by molar-refractivity contribution is 0.291. The Hall–Kier alpha value is -1.33. The third-order valence-electron chi connectivity index (χ3n) is 2.65. The molecule has 19 heavy (non-hydrogen) atoms. The standard InChI is InChI=1S/C14H18BrN3O/c1-11(16)8-12-9-17-18(10-12)6-7-19-14-4-2-13(15)3-5-14/h2-5,9-11H,6-8,16H2,1H3. The van der Waals surface area contributed by atoms with Crippen molar-refractivity contribution < 1.29 is 4.74 Å². The first-order valence-corrected chi connectivity index (χ1v) is 7.08. The third-order valence-corrected chi connectivity index (χ3v) is 3.18. The van der Waals surface area contributed by atoms with Gasteiger partial charge in [0.1, 0.15) is 12.4 Å². The molecule has 0 fully saturated rings. The van der Waals surface area contributed by atoms with Gasteiger partial charge in [0, 0.05) is 16.7 Å². The van der Waals surface area contributed by atoms with Gasteiger partial charge in [0.15, 0.2) is 0 Å². The number of hydrogen-bond acceptors (Lipinski definition) is 3. The Balaban J connectivity index is 1.79. The molecular weight excluding hydrogens is 306 g/mol. The molecule has 2 N–H and O–H groups in total. The molecule has 0 aliphatic heterocycles. The van der Waals surface area contributed by atoms with E-state index in [9.17, 15) is 0 Å². The van der Waals surface area contributed by atoms with Gasteiger partial charge in [-0.25, -0.2) is 0 Å². The van der Waals surface area contributed by atoms with Crippen LogP contribution in [0.15, 0.2) is 41.1 Å². The highest BCUT2D eigenvalue weighted by Gasteiger charge is 2.02. The zero-order chi connectivity index (χ0) is 13.7. The van der Waals surface area contributed by atoms with E-state index in [1.54, 1.807) is 0 Å². The van der Waals surface area contributed by atoms with Crippen molar-refractivity contribution in [1.29, 1.82) is 0 Å². The number of nitrogens with zero attached hydrogens (tertiary/aromatic N) is 2. The predicted octanol–water partition coefficient (Wildman–Crippen LogP) is 2.61. The van der Waals surface area contributed by atoms with E-state index >= 15 is 0 Å². The SMILES string of the molecule is CC(N)Cc1cnn(CCOc2ccc(Br)cc2)c1. The minimum atomic E-state index is 0.164. The van der Waals surface area contributed by atoms with Gasteiger partial charge in [0.05, 0.1) is 12.7 Å². The van der Waals surface area contributed by atoms with Crippen molar-refractivity contribution in [2.75, 3.05) is 6.61 Å². The van der Waals surface area contributed by atoms with Crippen molar-refractivity contribution >= 4 is 15.9 Å². The largest absolute Gasteiger partial charge is 0.492 e. The molecule has 1 aromatic heterocycles. The molecule has 0 aliphatic carbocycles. The van der Waals surface area contributed by atoms with Gasteiger partial charge >= 0.3 is 0 Å². The van der Waals surface area contributed by atoms with Crippen molar-refractivity contribution in [2.24, 2.45) is 5.73 Å². The second kappa shape index (κ2) is 6.73. The van der Waals surface area contributed by atoms with Gasteiger partial charge < -0.3 is 10.5 Å². The molecular formula is C14H18BrN3O. The Morgan fingerprint density at radius 3 is 2.79 bits per heavy atom. The van der Waals surface area contributed by atoms with E-state index in [4.69, 9.17) is 10.5 Å². The number of aromatic nitrogens is 2. The summed E-state index contributed by atoms with van der Waals surface area (Å²) in [6.45, 7) is 3.32. The van der Waals surface area contributed by atoms with Crippen molar-refractivity contribution in [3.8, 4) is 5.75 Å². The maximum atomic E-state index is 5.76. The number of hydrogen-bond donors (Lipinski definition) is 1. The second-order valence-corrected chi connectivity index (χ2v) is 5.51. The smallest absolute Gasteiger partial charge is 0.119 e. The quantitative estimate of drug-likeness (QED) is 0.889. The molecule has 0 aliphatic rings. The molecule has 0 bridgehead atoms. The number of rotatable bonds is 6. The van der Waals surface area contributed by atoms with Crippen LogP contribution in [-0.2, 0) is 13.0 Å². The van der Waals surface area contributed by atoms with E-state index < -0.39 is 0 Å². The Bertz CT molecular complexity index is 508. The van der Waals surface area contributed by atoms with Crippen molar-refractivity contribution in [2.45, 2.75) is 25.9 Å². The van der Waals surface area contributed by atoms with Crippen LogP contribution in [0.5, 0.6) is 5.75 Å². The van der Waals surface area contributed by atoms with E-state index in [0.717, 1.165) is 23.2 Å². The van der Waals surface area contributed by atoms with Crippen LogP contribution in [0.25, 0.3) is 0 Å². The fourth-order valence-corrected chi connectivity index (χ4v) is 2.06. The predicted molar refractivity (Wildman–Crippen MR) is 79.2 cm³/mol. The fourth-order valence-electron chi connectivity index (χ4n) is 1.79. The van der Waals surface area contributed by atoms with Gasteiger partial charge in [-0.1, -0.05) is 15.9 Å². The average Bonchev–Trinajstić information content (AvgIpc) is 2.78. The minimum Gasteiger partial charge on any atom is -0.492 e. The maximum absolute atomic E-state index is 5.76. The molecule has 0 amide bonds. The maximum Gasteiger partial charge on any atom is 0.119 e. The molecule has 0 saturated heterocycles. The normalized spacial score (nSPS) is 12.4. The highest BCUT2D eigenvalue weighted by Crippen LogP contribution is 2.16. The van der Waals surface area contributed by atoms with E-state index in [1.165, 1.54) is 5.56 Å². The van der Waals surface area contributed by atoms with Crippen molar-refractivity contribution in [3.05, 3.63) is 46.7 Å². The summed E-state index contributed by atoms with van der Waals surface area (Å²) >= 11 is 3.39. The summed E-state index contributed by atoms with van der Waals surface area (Å²) < 4.78 is 8.58. The Kier molecular flexibility index (Phi) is 4.99. The summed E-state index contributed by atoms with van der Waals surface area (Å²) in [5.74, 6) is 0.867. The minimum absolute atomic E-state index is 0.164. The molecule has 0 spiro atoms. The van der Waals surface area contributed by atoms with E-state index in [1.807, 2.05) is 48.3 Å². The first-order valence-electron chi connectivity index (χ1n) is 6.29.